The van der Waals surface area contributed by atoms with Crippen LogP contribution in [0, 0.1) is 0 Å². The molecule has 0 aliphatic heterocycles. The number of halogens is 2. The van der Waals surface area contributed by atoms with Gasteiger partial charge in [0.05, 0.1) is 0 Å². The Morgan fingerprint density at radius 1 is 1.78 bits per heavy atom. The first-order valence-corrected chi connectivity index (χ1v) is 3.05. The largest absolute Gasteiger partial charge is 0.442 e. The van der Waals surface area contributed by atoms with E-state index in [9.17, 15) is 4.79 Å². The van der Waals surface area contributed by atoms with Crippen LogP contribution < -0.4 is 0 Å². The molecular formula is C5H6Cl2O2. The highest BCUT2D eigenvalue weighted by Gasteiger charge is 2.07. The maximum Gasteiger partial charge on any atom is 0.350 e. The normalized spacial score (nSPS) is 12.3. The lowest BCUT2D eigenvalue weighted by molar-refractivity contribution is -0.139. The van der Waals surface area contributed by atoms with Crippen LogP contribution >= 0.6 is 23.2 Å². The lowest BCUT2D eigenvalue weighted by atomic mass is 10.6. The number of hydrogen-bond donors (Lipinski definition) is 0. The Morgan fingerprint density at radius 3 is 2.33 bits per heavy atom. The summed E-state index contributed by atoms with van der Waals surface area (Å²) in [6, 6.07) is 0. The second-order valence-corrected chi connectivity index (χ2v) is 2.42. The molecular weight excluding hydrogens is 163 g/mol. The van der Waals surface area contributed by atoms with Crippen LogP contribution in [-0.4, -0.2) is 11.5 Å². The average molecular weight is 169 g/mol. The predicted octanol–water partition coefficient (Wildman–Crippen LogP) is 1.87. The van der Waals surface area contributed by atoms with Gasteiger partial charge in [-0.2, -0.15) is 0 Å². The minimum absolute atomic E-state index is 0.164. The van der Waals surface area contributed by atoms with Crippen LogP contribution in [0.3, 0.4) is 0 Å². The van der Waals surface area contributed by atoms with E-state index in [0.717, 1.165) is 0 Å². The van der Waals surface area contributed by atoms with Crippen molar-refractivity contribution in [2.75, 3.05) is 0 Å². The Balaban J connectivity index is 3.65. The molecule has 0 aromatic carbocycles. The van der Waals surface area contributed by atoms with Gasteiger partial charge in [0, 0.05) is 0 Å². The Kier molecular flexibility index (Phi) is 3.66. The van der Waals surface area contributed by atoms with Crippen molar-refractivity contribution in [2.24, 2.45) is 0 Å². The van der Waals surface area contributed by atoms with E-state index in [1.54, 1.807) is 0 Å². The van der Waals surface area contributed by atoms with E-state index in [4.69, 9.17) is 23.2 Å². The highest BCUT2D eigenvalue weighted by atomic mass is 35.5. The number of carbonyl (C=O) groups excluding carboxylic acids is 1. The summed E-state index contributed by atoms with van der Waals surface area (Å²) >= 11 is 10.4. The summed E-state index contributed by atoms with van der Waals surface area (Å²) in [5, 5.41) is -0.164. The molecule has 0 amide bonds. The molecule has 0 aromatic heterocycles. The summed E-state index contributed by atoms with van der Waals surface area (Å²) in [6.45, 7) is 4.65. The summed E-state index contributed by atoms with van der Waals surface area (Å²) in [5.74, 6) is -0.681. The smallest absolute Gasteiger partial charge is 0.350 e. The molecule has 52 valence electrons. The third kappa shape index (κ3) is 4.30. The number of alkyl halides is 1. The van der Waals surface area contributed by atoms with E-state index in [1.807, 2.05) is 0 Å². The number of rotatable bonds is 2. The lowest BCUT2D eigenvalue weighted by Gasteiger charge is -2.02. The fourth-order valence-corrected chi connectivity index (χ4v) is 0.337. The summed E-state index contributed by atoms with van der Waals surface area (Å²) in [5.41, 5.74) is -0.659. The predicted molar refractivity (Wildman–Crippen MR) is 36.4 cm³/mol. The van der Waals surface area contributed by atoms with Crippen LogP contribution in [0.25, 0.3) is 0 Å². The molecule has 0 spiro atoms. The van der Waals surface area contributed by atoms with E-state index in [1.165, 1.54) is 6.92 Å². The van der Waals surface area contributed by atoms with Gasteiger partial charge in [0.15, 0.2) is 5.56 Å². The third-order valence-electron chi connectivity index (χ3n) is 0.491. The average Bonchev–Trinajstić information content (AvgIpc) is 1.63. The highest BCUT2D eigenvalue weighted by molar-refractivity contribution is 6.41. The molecule has 2 nitrogen and oxygen atoms in total. The maximum absolute atomic E-state index is 10.4. The number of carbonyl (C=O) groups is 1. The Morgan fingerprint density at radius 2 is 2.22 bits per heavy atom. The van der Waals surface area contributed by atoms with Crippen LogP contribution in [0.1, 0.15) is 6.92 Å². The molecule has 0 aliphatic carbocycles. The molecule has 1 atom stereocenters. The molecule has 0 aliphatic rings. The minimum atomic E-state index is -0.681. The molecule has 1 unspecified atom stereocenters. The highest BCUT2D eigenvalue weighted by Crippen LogP contribution is 2.04. The van der Waals surface area contributed by atoms with Gasteiger partial charge >= 0.3 is 5.97 Å². The Labute approximate surface area is 63.4 Å². The first kappa shape index (κ1) is 8.79. The van der Waals surface area contributed by atoms with Gasteiger partial charge in [-0.05, 0) is 6.92 Å². The Bertz CT molecular complexity index is 131. The molecule has 9 heavy (non-hydrogen) atoms. The molecule has 0 rings (SSSR count). The van der Waals surface area contributed by atoms with Crippen molar-refractivity contribution >= 4 is 29.2 Å². The summed E-state index contributed by atoms with van der Waals surface area (Å²) in [7, 11) is 0. The summed E-state index contributed by atoms with van der Waals surface area (Å²) in [6.07, 6.45) is 0. The van der Waals surface area contributed by atoms with Crippen LogP contribution in [-0.2, 0) is 9.53 Å². The van der Waals surface area contributed by atoms with E-state index in [0.29, 0.717) is 0 Å². The maximum atomic E-state index is 10.4. The summed E-state index contributed by atoms with van der Waals surface area (Å²) in [4.78, 5) is 10.4. The fourth-order valence-electron chi connectivity index (χ4n) is 0.211. The van der Waals surface area contributed by atoms with Crippen LogP contribution in [0.4, 0.5) is 0 Å². The molecule has 0 heterocycles. The zero-order chi connectivity index (χ0) is 7.44. The first-order chi connectivity index (χ1) is 4.04. The lowest BCUT2D eigenvalue weighted by Crippen LogP contribution is -2.08. The van der Waals surface area contributed by atoms with Crippen molar-refractivity contribution in [3.05, 3.63) is 11.6 Å². The second kappa shape index (κ2) is 3.75. The molecule has 0 fully saturated rings. The van der Waals surface area contributed by atoms with Crippen LogP contribution in [0.5, 0.6) is 0 Å². The molecule has 0 saturated heterocycles. The molecule has 4 heteroatoms. The Hall–Kier alpha value is -0.210. The van der Waals surface area contributed by atoms with E-state index < -0.39 is 11.5 Å². The third-order valence-corrected chi connectivity index (χ3v) is 0.734. The van der Waals surface area contributed by atoms with Crippen LogP contribution in [0.15, 0.2) is 11.6 Å². The van der Waals surface area contributed by atoms with Crippen molar-refractivity contribution < 1.29 is 9.53 Å². The monoisotopic (exact) mass is 168 g/mol. The standard InChI is InChI=1S/C5H6Cl2O2/c1-3(6)5(8)9-4(2)7/h4H,1H2,2H3. The topological polar surface area (TPSA) is 26.3 Å². The molecule has 0 bridgehead atoms. The van der Waals surface area contributed by atoms with Gasteiger partial charge in [0.2, 0.25) is 0 Å². The minimum Gasteiger partial charge on any atom is -0.442 e. The van der Waals surface area contributed by atoms with Gasteiger partial charge in [0.25, 0.3) is 0 Å². The van der Waals surface area contributed by atoms with Gasteiger partial charge in [-0.25, -0.2) is 4.79 Å². The molecule has 0 saturated carbocycles. The van der Waals surface area contributed by atoms with E-state index in [-0.39, 0.29) is 5.03 Å². The second-order valence-electron chi connectivity index (χ2n) is 1.35. The van der Waals surface area contributed by atoms with Crippen molar-refractivity contribution in [2.45, 2.75) is 12.5 Å². The number of esters is 1. The SMILES string of the molecule is C=C(Cl)C(=O)OC(C)Cl. The van der Waals surface area contributed by atoms with Gasteiger partial charge in [-0.1, -0.05) is 29.8 Å². The van der Waals surface area contributed by atoms with Gasteiger partial charge < -0.3 is 4.74 Å². The number of ether oxygens (including phenoxy) is 1. The van der Waals surface area contributed by atoms with Crippen molar-refractivity contribution in [1.82, 2.24) is 0 Å². The van der Waals surface area contributed by atoms with Gasteiger partial charge in [-0.15, -0.1) is 0 Å². The fraction of sp³-hybridized carbons (Fsp3) is 0.400. The first-order valence-electron chi connectivity index (χ1n) is 2.23. The van der Waals surface area contributed by atoms with Crippen molar-refractivity contribution in [1.29, 1.82) is 0 Å². The van der Waals surface area contributed by atoms with E-state index in [2.05, 4.69) is 11.3 Å². The quantitative estimate of drug-likeness (QED) is 0.358. The van der Waals surface area contributed by atoms with Crippen molar-refractivity contribution in [3.8, 4) is 0 Å². The van der Waals surface area contributed by atoms with Gasteiger partial charge in [0.1, 0.15) is 5.03 Å². The van der Waals surface area contributed by atoms with E-state index >= 15 is 0 Å². The van der Waals surface area contributed by atoms with Gasteiger partial charge in [-0.3, -0.25) is 0 Å². The van der Waals surface area contributed by atoms with Crippen LogP contribution in [0.2, 0.25) is 0 Å². The molecule has 0 aromatic rings. The zero-order valence-corrected chi connectivity index (χ0v) is 6.37. The number of hydrogen-bond acceptors (Lipinski definition) is 2. The molecule has 0 radical (unpaired) electrons. The molecule has 0 N–H and O–H groups in total. The van der Waals surface area contributed by atoms with Crippen molar-refractivity contribution in [3.63, 3.8) is 0 Å². The zero-order valence-electron chi connectivity index (χ0n) is 4.86. The summed E-state index contributed by atoms with van der Waals surface area (Å²) < 4.78 is 4.41.